The first kappa shape index (κ1) is 9.85. The van der Waals surface area contributed by atoms with Crippen molar-refractivity contribution in [1.29, 1.82) is 0 Å². The lowest BCUT2D eigenvalue weighted by Crippen LogP contribution is -1.79. The monoisotopic (exact) mass is 370 g/mol. The van der Waals surface area contributed by atoms with Gasteiger partial charge in [-0.3, -0.25) is 0 Å². The van der Waals surface area contributed by atoms with Crippen LogP contribution in [0.5, 0.6) is 0 Å². The zero-order chi connectivity index (χ0) is 10.4. The molecule has 2 aromatic rings. The number of rotatable bonds is 0. The summed E-state index contributed by atoms with van der Waals surface area (Å²) in [5.74, 6) is 0. The number of benzene rings is 2. The molecule has 0 spiro atoms. The van der Waals surface area contributed by atoms with Gasteiger partial charge in [0.2, 0.25) is 0 Å². The van der Waals surface area contributed by atoms with Crippen molar-refractivity contribution in [2.24, 2.45) is 0 Å². The molecule has 0 N–H and O–H groups in total. The molecule has 0 amide bonds. The summed E-state index contributed by atoms with van der Waals surface area (Å²) in [7, 11) is 0. The van der Waals surface area contributed by atoms with Crippen LogP contribution < -0.4 is 0 Å². The van der Waals surface area contributed by atoms with Crippen molar-refractivity contribution in [1.82, 2.24) is 0 Å². The standard InChI is InChI=1S/C13H8BrI/c14-10-2-4-12-9(6-10)5-8-1-3-11(15)7-13(8)12/h1-4,6-7H,5H2. The SMILES string of the molecule is Brc1ccc2c(c1)Cc1ccc(I)cc1-2. The smallest absolute Gasteiger partial charge is 0.0178 e. The Balaban J connectivity index is 2.26. The Kier molecular flexibility index (Phi) is 2.36. The molecular weight excluding hydrogens is 363 g/mol. The van der Waals surface area contributed by atoms with Crippen LogP contribution >= 0.6 is 38.5 Å². The molecule has 0 bridgehead atoms. The highest BCUT2D eigenvalue weighted by Gasteiger charge is 2.18. The van der Waals surface area contributed by atoms with Crippen molar-refractivity contribution in [2.75, 3.05) is 0 Å². The largest absolute Gasteiger partial charge is 0.0570 e. The highest BCUT2D eigenvalue weighted by atomic mass is 127. The minimum absolute atomic E-state index is 1.07. The van der Waals surface area contributed by atoms with E-state index >= 15 is 0 Å². The van der Waals surface area contributed by atoms with Gasteiger partial charge in [-0.1, -0.05) is 28.1 Å². The maximum absolute atomic E-state index is 3.52. The molecule has 15 heavy (non-hydrogen) atoms. The molecule has 0 saturated heterocycles. The second kappa shape index (κ2) is 3.59. The summed E-state index contributed by atoms with van der Waals surface area (Å²) in [4.78, 5) is 0. The number of hydrogen-bond acceptors (Lipinski definition) is 0. The number of hydrogen-bond donors (Lipinski definition) is 0. The lowest BCUT2D eigenvalue weighted by atomic mass is 10.1. The molecule has 2 heteroatoms. The van der Waals surface area contributed by atoms with Crippen LogP contribution in [-0.2, 0) is 6.42 Å². The maximum Gasteiger partial charge on any atom is 0.0178 e. The normalized spacial score (nSPS) is 12.4. The third kappa shape index (κ3) is 1.64. The number of halogens is 2. The Morgan fingerprint density at radius 2 is 1.80 bits per heavy atom. The highest BCUT2D eigenvalue weighted by Crippen LogP contribution is 2.38. The van der Waals surface area contributed by atoms with E-state index in [9.17, 15) is 0 Å². The minimum Gasteiger partial charge on any atom is -0.0570 e. The van der Waals surface area contributed by atoms with E-state index < -0.39 is 0 Å². The lowest BCUT2D eigenvalue weighted by molar-refractivity contribution is 1.26. The van der Waals surface area contributed by atoms with Crippen LogP contribution in [0.2, 0.25) is 0 Å². The molecule has 0 aromatic heterocycles. The summed E-state index contributed by atoms with van der Waals surface area (Å²) < 4.78 is 2.48. The fraction of sp³-hybridized carbons (Fsp3) is 0.0769. The third-order valence-corrected chi connectivity index (χ3v) is 3.97. The lowest BCUT2D eigenvalue weighted by Gasteiger charge is -2.01. The second-order valence-corrected chi connectivity index (χ2v) is 5.94. The first-order chi connectivity index (χ1) is 7.24. The molecular formula is C13H8BrI. The first-order valence-electron chi connectivity index (χ1n) is 4.81. The van der Waals surface area contributed by atoms with Crippen molar-refractivity contribution in [2.45, 2.75) is 6.42 Å². The van der Waals surface area contributed by atoms with E-state index in [0.717, 1.165) is 6.42 Å². The molecule has 0 heterocycles. The van der Waals surface area contributed by atoms with Gasteiger partial charge in [0.15, 0.2) is 0 Å². The van der Waals surface area contributed by atoms with Crippen LogP contribution in [0.25, 0.3) is 11.1 Å². The van der Waals surface area contributed by atoms with Crippen LogP contribution in [-0.4, -0.2) is 0 Å². The van der Waals surface area contributed by atoms with Gasteiger partial charge in [0.1, 0.15) is 0 Å². The van der Waals surface area contributed by atoms with E-state index in [1.54, 1.807) is 0 Å². The minimum atomic E-state index is 1.07. The van der Waals surface area contributed by atoms with Crippen molar-refractivity contribution < 1.29 is 0 Å². The average Bonchev–Trinajstić information content (AvgIpc) is 2.54. The molecule has 0 radical (unpaired) electrons. The molecule has 0 unspecified atom stereocenters. The van der Waals surface area contributed by atoms with Gasteiger partial charge in [0.05, 0.1) is 0 Å². The Morgan fingerprint density at radius 1 is 0.933 bits per heavy atom. The Labute approximate surface area is 111 Å². The molecule has 1 aliphatic rings. The molecule has 0 aliphatic heterocycles. The Bertz CT molecular complexity index is 546. The number of fused-ring (bicyclic) bond motifs is 3. The summed E-state index contributed by atoms with van der Waals surface area (Å²) in [6.07, 6.45) is 1.07. The summed E-state index contributed by atoms with van der Waals surface area (Å²) in [5.41, 5.74) is 5.68. The van der Waals surface area contributed by atoms with E-state index in [1.807, 2.05) is 0 Å². The molecule has 74 valence electrons. The zero-order valence-electron chi connectivity index (χ0n) is 7.93. The van der Waals surface area contributed by atoms with E-state index in [2.05, 4.69) is 74.9 Å². The van der Waals surface area contributed by atoms with Crippen molar-refractivity contribution in [3.63, 3.8) is 0 Å². The molecule has 0 fully saturated rings. The highest BCUT2D eigenvalue weighted by molar-refractivity contribution is 14.1. The van der Waals surface area contributed by atoms with Crippen molar-refractivity contribution in [3.05, 3.63) is 55.6 Å². The van der Waals surface area contributed by atoms with E-state index in [-0.39, 0.29) is 0 Å². The van der Waals surface area contributed by atoms with Crippen LogP contribution in [0, 0.1) is 3.57 Å². The summed E-state index contributed by atoms with van der Waals surface area (Å²) in [6, 6.07) is 13.2. The topological polar surface area (TPSA) is 0 Å². The zero-order valence-corrected chi connectivity index (χ0v) is 11.7. The quantitative estimate of drug-likeness (QED) is 0.506. The summed E-state index contributed by atoms with van der Waals surface area (Å²) >= 11 is 5.89. The molecule has 1 aliphatic carbocycles. The Hall–Kier alpha value is -0.350. The van der Waals surface area contributed by atoms with Gasteiger partial charge < -0.3 is 0 Å². The molecule has 0 atom stereocenters. The Morgan fingerprint density at radius 3 is 2.67 bits per heavy atom. The van der Waals surface area contributed by atoms with Crippen LogP contribution in [0.3, 0.4) is 0 Å². The van der Waals surface area contributed by atoms with Crippen LogP contribution in [0.4, 0.5) is 0 Å². The predicted octanol–water partition coefficient (Wildman–Crippen LogP) is 4.62. The molecule has 0 nitrogen and oxygen atoms in total. The van der Waals surface area contributed by atoms with E-state index in [1.165, 1.54) is 30.3 Å². The summed E-state index contributed by atoms with van der Waals surface area (Å²) in [5, 5.41) is 0. The fourth-order valence-corrected chi connectivity index (χ4v) is 3.03. The van der Waals surface area contributed by atoms with Crippen LogP contribution in [0.1, 0.15) is 11.1 Å². The van der Waals surface area contributed by atoms with Gasteiger partial charge in [-0.2, -0.15) is 0 Å². The van der Waals surface area contributed by atoms with E-state index in [4.69, 9.17) is 0 Å². The van der Waals surface area contributed by atoms with Gasteiger partial charge in [-0.25, -0.2) is 0 Å². The van der Waals surface area contributed by atoms with E-state index in [0.29, 0.717) is 0 Å². The van der Waals surface area contributed by atoms with Crippen molar-refractivity contribution in [3.8, 4) is 11.1 Å². The second-order valence-electron chi connectivity index (χ2n) is 3.78. The van der Waals surface area contributed by atoms with Gasteiger partial charge in [-0.05, 0) is 75.5 Å². The summed E-state index contributed by atoms with van der Waals surface area (Å²) in [6.45, 7) is 0. The van der Waals surface area contributed by atoms with Crippen LogP contribution in [0.15, 0.2) is 40.9 Å². The molecule has 3 rings (SSSR count). The third-order valence-electron chi connectivity index (χ3n) is 2.81. The van der Waals surface area contributed by atoms with Gasteiger partial charge in [0, 0.05) is 8.04 Å². The van der Waals surface area contributed by atoms with Gasteiger partial charge >= 0.3 is 0 Å². The fourth-order valence-electron chi connectivity index (χ4n) is 2.13. The van der Waals surface area contributed by atoms with Gasteiger partial charge in [0.25, 0.3) is 0 Å². The first-order valence-corrected chi connectivity index (χ1v) is 6.68. The van der Waals surface area contributed by atoms with Crippen molar-refractivity contribution >= 4 is 38.5 Å². The van der Waals surface area contributed by atoms with Gasteiger partial charge in [-0.15, -0.1) is 0 Å². The molecule has 2 aromatic carbocycles. The maximum atomic E-state index is 3.52. The predicted molar refractivity (Wildman–Crippen MR) is 75.1 cm³/mol. The molecule has 0 saturated carbocycles. The average molecular weight is 371 g/mol.